The minimum atomic E-state index is -4.45. The first-order chi connectivity index (χ1) is 13.2. The van der Waals surface area contributed by atoms with E-state index in [1.165, 1.54) is 12.3 Å². The van der Waals surface area contributed by atoms with Crippen molar-refractivity contribution < 1.29 is 22.7 Å². The van der Waals surface area contributed by atoms with Crippen molar-refractivity contribution in [2.75, 3.05) is 24.5 Å². The Kier molecular flexibility index (Phi) is 4.68. The third-order valence-electron chi connectivity index (χ3n) is 6.14. The topological polar surface area (TPSA) is 57.7 Å². The summed E-state index contributed by atoms with van der Waals surface area (Å²) in [6, 6.07) is 2.19. The summed E-state index contributed by atoms with van der Waals surface area (Å²) < 4.78 is 43.8. The summed E-state index contributed by atoms with van der Waals surface area (Å²) in [5.74, 6) is 0. The molecule has 3 heterocycles. The van der Waals surface area contributed by atoms with Gasteiger partial charge in [-0.15, -0.1) is 0 Å². The van der Waals surface area contributed by atoms with Crippen LogP contribution in [0.4, 0.5) is 23.7 Å². The van der Waals surface area contributed by atoms with Gasteiger partial charge in [0, 0.05) is 31.5 Å². The lowest BCUT2D eigenvalue weighted by Crippen LogP contribution is -2.67. The normalized spacial score (nSPS) is 32.7. The highest BCUT2D eigenvalue weighted by Gasteiger charge is 2.50. The number of pyridine rings is 1. The zero-order valence-corrected chi connectivity index (χ0v) is 16.0. The Morgan fingerprint density at radius 3 is 2.36 bits per heavy atom. The monoisotopic (exact) mass is 398 g/mol. The molecule has 28 heavy (non-hydrogen) atoms. The number of alkyl halides is 3. The zero-order chi connectivity index (χ0) is 20.1. The first-order valence-corrected chi connectivity index (χ1v) is 9.69. The van der Waals surface area contributed by atoms with Crippen LogP contribution in [0.15, 0.2) is 18.3 Å². The van der Waals surface area contributed by atoms with E-state index in [0.717, 1.165) is 31.9 Å². The van der Waals surface area contributed by atoms with Gasteiger partial charge in [-0.1, -0.05) is 0 Å². The van der Waals surface area contributed by atoms with E-state index in [4.69, 9.17) is 4.74 Å². The Balaban J connectivity index is 1.35. The van der Waals surface area contributed by atoms with Crippen molar-refractivity contribution in [2.45, 2.75) is 63.0 Å². The highest BCUT2D eigenvalue weighted by Crippen LogP contribution is 2.42. The smallest absolute Gasteiger partial charge is 0.433 e. The van der Waals surface area contributed by atoms with Crippen LogP contribution in [-0.4, -0.2) is 59.3 Å². The van der Waals surface area contributed by atoms with Gasteiger partial charge in [-0.25, -0.2) is 9.78 Å². The van der Waals surface area contributed by atoms with Crippen LogP contribution in [0, 0.1) is 0 Å². The Bertz CT molecular complexity index is 716. The summed E-state index contributed by atoms with van der Waals surface area (Å²) in [5.41, 5.74) is -0.0771. The highest BCUT2D eigenvalue weighted by molar-refractivity contribution is 5.69. The van der Waals surface area contributed by atoms with Gasteiger partial charge in [-0.05, 0) is 38.9 Å². The second-order valence-corrected chi connectivity index (χ2v) is 8.28. The molecule has 1 aromatic rings. The van der Waals surface area contributed by atoms with Crippen molar-refractivity contribution in [3.05, 3.63) is 24.0 Å². The van der Waals surface area contributed by atoms with Crippen molar-refractivity contribution in [1.82, 2.24) is 15.2 Å². The summed E-state index contributed by atoms with van der Waals surface area (Å²) in [7, 11) is 0. The molecule has 0 radical (unpaired) electrons. The summed E-state index contributed by atoms with van der Waals surface area (Å²) in [4.78, 5) is 19.9. The molecule has 1 spiro atoms. The number of amides is 1. The molecule has 9 heteroatoms. The van der Waals surface area contributed by atoms with E-state index >= 15 is 0 Å². The summed E-state index contributed by atoms with van der Waals surface area (Å²) >= 11 is 0. The zero-order valence-electron chi connectivity index (χ0n) is 16.0. The van der Waals surface area contributed by atoms with E-state index in [-0.39, 0.29) is 29.8 Å². The molecule has 2 aliphatic heterocycles. The lowest BCUT2D eigenvalue weighted by atomic mass is 9.68. The van der Waals surface area contributed by atoms with Gasteiger partial charge in [0.1, 0.15) is 11.8 Å². The molecule has 154 valence electrons. The lowest BCUT2D eigenvalue weighted by molar-refractivity contribution is -0.141. The van der Waals surface area contributed by atoms with Crippen LogP contribution in [0.25, 0.3) is 0 Å². The summed E-state index contributed by atoms with van der Waals surface area (Å²) in [6.07, 6.45) is -0.640. The van der Waals surface area contributed by atoms with Gasteiger partial charge in [-0.3, -0.25) is 4.90 Å². The van der Waals surface area contributed by atoms with E-state index in [9.17, 15) is 18.0 Å². The molecule has 3 fully saturated rings. The number of hydrogen-bond acceptors (Lipinski definition) is 5. The fourth-order valence-corrected chi connectivity index (χ4v) is 4.56. The second kappa shape index (κ2) is 6.79. The fraction of sp³-hybridized carbons (Fsp3) is 0.684. The predicted octanol–water partition coefficient (Wildman–Crippen LogP) is 3.03. The molecule has 0 unspecified atom stereocenters. The first kappa shape index (κ1) is 19.3. The Morgan fingerprint density at radius 1 is 1.25 bits per heavy atom. The van der Waals surface area contributed by atoms with Gasteiger partial charge in [0.2, 0.25) is 0 Å². The Morgan fingerprint density at radius 2 is 1.89 bits per heavy atom. The minimum Gasteiger partial charge on any atom is -0.446 e. The molecule has 0 bridgehead atoms. The second-order valence-electron chi connectivity index (χ2n) is 8.28. The van der Waals surface area contributed by atoms with Gasteiger partial charge < -0.3 is 15.0 Å². The van der Waals surface area contributed by atoms with Crippen molar-refractivity contribution in [1.29, 1.82) is 0 Å². The van der Waals surface area contributed by atoms with Crippen LogP contribution in [0.3, 0.4) is 0 Å². The summed E-state index contributed by atoms with van der Waals surface area (Å²) in [5, 5.41) is 3.41. The van der Waals surface area contributed by atoms with Crippen molar-refractivity contribution >= 4 is 11.8 Å². The van der Waals surface area contributed by atoms with Crippen LogP contribution in [0.1, 0.15) is 38.8 Å². The molecule has 2 atom stereocenters. The maximum absolute atomic E-state index is 12.7. The van der Waals surface area contributed by atoms with Crippen LogP contribution < -0.4 is 10.2 Å². The number of ether oxygens (including phenoxy) is 1. The van der Waals surface area contributed by atoms with Crippen LogP contribution in [-0.2, 0) is 10.9 Å². The molecule has 0 aromatic carbocycles. The molecule has 1 aromatic heterocycles. The number of carbonyl (C=O) groups is 1. The maximum atomic E-state index is 12.7. The van der Waals surface area contributed by atoms with E-state index in [1.807, 2.05) is 18.7 Å². The Labute approximate surface area is 162 Å². The number of nitrogens with zero attached hydrogens (tertiary/aromatic N) is 3. The molecule has 6 nitrogen and oxygen atoms in total. The minimum absolute atomic E-state index is 0.0307. The average Bonchev–Trinajstić information content (AvgIpc) is 2.54. The van der Waals surface area contributed by atoms with Crippen LogP contribution in [0.5, 0.6) is 0 Å². The van der Waals surface area contributed by atoms with Gasteiger partial charge >= 0.3 is 12.3 Å². The number of rotatable bonds is 2. The molecule has 4 rings (SSSR count). The number of nitrogens with one attached hydrogen (secondary N) is 1. The largest absolute Gasteiger partial charge is 0.446 e. The van der Waals surface area contributed by atoms with Gasteiger partial charge in [0.15, 0.2) is 0 Å². The highest BCUT2D eigenvalue weighted by atomic mass is 19.4. The molecule has 3 aliphatic rings. The quantitative estimate of drug-likeness (QED) is 0.830. The first-order valence-electron chi connectivity index (χ1n) is 9.69. The number of piperazine rings is 1. The van der Waals surface area contributed by atoms with Gasteiger partial charge in [-0.2, -0.15) is 13.2 Å². The standard InChI is InChI=1S/C19H25F3N4O2/c1-12-10-25(14-3-4-16(23-9-14)19(20,21)22)11-13(2)26(12)17(27)28-15-7-18(8-15)5-6-24-18/h3-4,9,12-13,15,24H,5-8,10-11H2,1-2H3/t12-,13+,15?,18?. The molecule has 1 saturated carbocycles. The molecular weight excluding hydrogens is 373 g/mol. The van der Waals surface area contributed by atoms with E-state index < -0.39 is 11.9 Å². The van der Waals surface area contributed by atoms with Crippen LogP contribution in [0.2, 0.25) is 0 Å². The van der Waals surface area contributed by atoms with E-state index in [1.54, 1.807) is 4.90 Å². The fourth-order valence-electron chi connectivity index (χ4n) is 4.56. The van der Waals surface area contributed by atoms with Crippen molar-refractivity contribution in [2.24, 2.45) is 0 Å². The number of halogens is 3. The molecule has 2 saturated heterocycles. The summed E-state index contributed by atoms with van der Waals surface area (Å²) in [6.45, 7) is 5.93. The van der Waals surface area contributed by atoms with E-state index in [0.29, 0.717) is 18.8 Å². The number of hydrogen-bond donors (Lipinski definition) is 1. The number of aromatic nitrogens is 1. The SMILES string of the molecule is C[C@@H]1CN(c2ccc(C(F)(F)F)nc2)C[C@H](C)N1C(=O)OC1CC2(CCN2)C1. The molecule has 1 amide bonds. The van der Waals surface area contributed by atoms with Gasteiger partial charge in [0.05, 0.1) is 24.0 Å². The Hall–Kier alpha value is -2.03. The lowest BCUT2D eigenvalue weighted by Gasteiger charge is -2.54. The van der Waals surface area contributed by atoms with Crippen molar-refractivity contribution in [3.8, 4) is 0 Å². The number of anilines is 1. The number of carbonyl (C=O) groups excluding carboxylic acids is 1. The maximum Gasteiger partial charge on any atom is 0.433 e. The van der Waals surface area contributed by atoms with E-state index in [2.05, 4.69) is 10.3 Å². The predicted molar refractivity (Wildman–Crippen MR) is 97.1 cm³/mol. The molecule has 1 N–H and O–H groups in total. The van der Waals surface area contributed by atoms with Gasteiger partial charge in [0.25, 0.3) is 0 Å². The molecular formula is C19H25F3N4O2. The third-order valence-corrected chi connectivity index (χ3v) is 6.14. The average molecular weight is 398 g/mol. The van der Waals surface area contributed by atoms with Crippen LogP contribution >= 0.6 is 0 Å². The third kappa shape index (κ3) is 3.52. The van der Waals surface area contributed by atoms with Crippen molar-refractivity contribution in [3.63, 3.8) is 0 Å². The molecule has 1 aliphatic carbocycles.